The lowest BCUT2D eigenvalue weighted by Crippen LogP contribution is -2.13. The Morgan fingerprint density at radius 3 is 2.87 bits per heavy atom. The highest BCUT2D eigenvalue weighted by Crippen LogP contribution is 2.18. The Balaban J connectivity index is 2.49. The summed E-state index contributed by atoms with van der Waals surface area (Å²) in [7, 11) is 0. The molecule has 15 heavy (non-hydrogen) atoms. The summed E-state index contributed by atoms with van der Waals surface area (Å²) in [4.78, 5) is 11.3. The van der Waals surface area contributed by atoms with Crippen LogP contribution in [0.5, 0.6) is 0 Å². The van der Waals surface area contributed by atoms with Crippen molar-refractivity contribution in [2.24, 2.45) is 5.92 Å². The first-order chi connectivity index (χ1) is 7.11. The van der Waals surface area contributed by atoms with E-state index in [4.69, 9.17) is 0 Å². The van der Waals surface area contributed by atoms with E-state index >= 15 is 0 Å². The van der Waals surface area contributed by atoms with Crippen molar-refractivity contribution < 1.29 is 4.79 Å². The molecule has 0 radical (unpaired) electrons. The van der Waals surface area contributed by atoms with Crippen LogP contribution in [0.3, 0.4) is 0 Å². The number of thioether (sulfide) groups is 1. The van der Waals surface area contributed by atoms with Gasteiger partial charge in [0.25, 0.3) is 0 Å². The van der Waals surface area contributed by atoms with Crippen LogP contribution in [-0.4, -0.2) is 28.1 Å². The molecule has 1 N–H and O–H groups in total. The fraction of sp³-hybridized carbons (Fsp3) is 0.667. The Hall–Kier alpha value is -0.620. The number of hydrogen-bond acceptors (Lipinski definition) is 5. The van der Waals surface area contributed by atoms with Crippen molar-refractivity contribution >= 4 is 34.1 Å². The third-order valence-corrected chi connectivity index (χ3v) is 2.98. The number of carbonyl (C=O) groups excluding carboxylic acids is 1. The molecule has 0 saturated heterocycles. The van der Waals surface area contributed by atoms with Crippen LogP contribution < -0.4 is 5.32 Å². The molecule has 0 aliphatic heterocycles. The lowest BCUT2D eigenvalue weighted by molar-refractivity contribution is -0.113. The van der Waals surface area contributed by atoms with E-state index in [9.17, 15) is 4.79 Å². The van der Waals surface area contributed by atoms with Crippen molar-refractivity contribution in [1.82, 2.24) is 10.2 Å². The molecule has 0 fully saturated rings. The summed E-state index contributed by atoms with van der Waals surface area (Å²) in [6.07, 6.45) is 2.81. The summed E-state index contributed by atoms with van der Waals surface area (Å²) in [5.74, 6) is 1.00. The Morgan fingerprint density at radius 1 is 1.53 bits per heavy atom. The van der Waals surface area contributed by atoms with Gasteiger partial charge in [0, 0.05) is 6.42 Å². The van der Waals surface area contributed by atoms with E-state index in [2.05, 4.69) is 29.4 Å². The number of nitrogens with one attached hydrogen (secondary N) is 1. The van der Waals surface area contributed by atoms with Crippen LogP contribution in [0.25, 0.3) is 0 Å². The monoisotopic (exact) mass is 245 g/mol. The molecular weight excluding hydrogens is 230 g/mol. The van der Waals surface area contributed by atoms with Crippen LogP contribution in [0.2, 0.25) is 0 Å². The average molecular weight is 245 g/mol. The van der Waals surface area contributed by atoms with Crippen molar-refractivity contribution in [2.45, 2.75) is 20.3 Å². The highest BCUT2D eigenvalue weighted by atomic mass is 32.2. The SMILES string of the molecule is CSCC(=O)Nc1nnc(CC(C)C)s1. The number of anilines is 1. The third kappa shape index (κ3) is 4.61. The van der Waals surface area contributed by atoms with Crippen LogP contribution in [-0.2, 0) is 11.2 Å². The van der Waals surface area contributed by atoms with Crippen molar-refractivity contribution in [1.29, 1.82) is 0 Å². The minimum absolute atomic E-state index is 0.0188. The largest absolute Gasteiger partial charge is 0.300 e. The molecule has 0 unspecified atom stereocenters. The Morgan fingerprint density at radius 2 is 2.27 bits per heavy atom. The standard InChI is InChI=1S/C9H15N3OS2/c1-6(2)4-8-11-12-9(15-8)10-7(13)5-14-3/h6H,4-5H2,1-3H3,(H,10,12,13). The maximum Gasteiger partial charge on any atom is 0.236 e. The summed E-state index contributed by atoms with van der Waals surface area (Å²) in [6.45, 7) is 4.26. The van der Waals surface area contributed by atoms with Gasteiger partial charge in [0.15, 0.2) is 0 Å². The first kappa shape index (κ1) is 12.4. The number of hydrogen-bond donors (Lipinski definition) is 1. The van der Waals surface area contributed by atoms with Gasteiger partial charge in [0.1, 0.15) is 5.01 Å². The first-order valence-corrected chi connectivity index (χ1v) is 6.94. The van der Waals surface area contributed by atoms with Gasteiger partial charge >= 0.3 is 0 Å². The predicted octanol–water partition coefficient (Wildman–Crippen LogP) is 2.04. The van der Waals surface area contributed by atoms with Crippen molar-refractivity contribution in [3.8, 4) is 0 Å². The molecule has 1 amide bonds. The van der Waals surface area contributed by atoms with E-state index in [-0.39, 0.29) is 5.91 Å². The van der Waals surface area contributed by atoms with Crippen LogP contribution in [0.15, 0.2) is 0 Å². The first-order valence-electron chi connectivity index (χ1n) is 4.73. The Bertz CT molecular complexity index is 325. The zero-order valence-corrected chi connectivity index (χ0v) is 10.7. The van der Waals surface area contributed by atoms with Crippen LogP contribution >= 0.6 is 23.1 Å². The smallest absolute Gasteiger partial charge is 0.236 e. The topological polar surface area (TPSA) is 54.9 Å². The molecular formula is C9H15N3OS2. The molecule has 0 atom stereocenters. The van der Waals surface area contributed by atoms with Gasteiger partial charge in [-0.15, -0.1) is 10.2 Å². The highest BCUT2D eigenvalue weighted by Gasteiger charge is 2.08. The summed E-state index contributed by atoms with van der Waals surface area (Å²) >= 11 is 2.94. The molecule has 0 saturated carbocycles. The van der Waals surface area contributed by atoms with Gasteiger partial charge in [0.05, 0.1) is 5.75 Å². The zero-order chi connectivity index (χ0) is 11.3. The molecule has 4 nitrogen and oxygen atoms in total. The lowest BCUT2D eigenvalue weighted by atomic mass is 10.1. The third-order valence-electron chi connectivity index (χ3n) is 1.57. The minimum Gasteiger partial charge on any atom is -0.300 e. The Kier molecular flexibility index (Phi) is 5.04. The van der Waals surface area contributed by atoms with Gasteiger partial charge in [-0.1, -0.05) is 25.2 Å². The van der Waals surface area contributed by atoms with Crippen LogP contribution in [0, 0.1) is 5.92 Å². The zero-order valence-electron chi connectivity index (χ0n) is 9.11. The summed E-state index contributed by atoms with van der Waals surface area (Å²) in [6, 6.07) is 0. The van der Waals surface area contributed by atoms with Crippen molar-refractivity contribution in [3.63, 3.8) is 0 Å². The highest BCUT2D eigenvalue weighted by molar-refractivity contribution is 7.99. The molecule has 1 heterocycles. The second-order valence-corrected chi connectivity index (χ2v) is 5.51. The molecule has 1 aromatic rings. The number of nitrogens with zero attached hydrogens (tertiary/aromatic N) is 2. The normalized spacial score (nSPS) is 10.7. The second kappa shape index (κ2) is 6.07. The fourth-order valence-corrected chi connectivity index (χ4v) is 2.32. The second-order valence-electron chi connectivity index (χ2n) is 3.58. The van der Waals surface area contributed by atoms with E-state index < -0.39 is 0 Å². The molecule has 0 bridgehead atoms. The number of rotatable bonds is 5. The molecule has 0 aliphatic rings. The van der Waals surface area contributed by atoms with Gasteiger partial charge in [0.2, 0.25) is 11.0 Å². The summed E-state index contributed by atoms with van der Waals surface area (Å²) < 4.78 is 0. The fourth-order valence-electron chi connectivity index (χ4n) is 1.02. The summed E-state index contributed by atoms with van der Waals surface area (Å²) in [5.41, 5.74) is 0. The van der Waals surface area contributed by atoms with Crippen LogP contribution in [0.4, 0.5) is 5.13 Å². The van der Waals surface area contributed by atoms with Gasteiger partial charge < -0.3 is 0 Å². The molecule has 84 valence electrons. The van der Waals surface area contributed by atoms with E-state index in [0.717, 1.165) is 11.4 Å². The number of amides is 1. The van der Waals surface area contributed by atoms with Crippen LogP contribution in [0.1, 0.15) is 18.9 Å². The molecule has 0 aliphatic carbocycles. The molecule has 1 rings (SSSR count). The quantitative estimate of drug-likeness (QED) is 0.862. The van der Waals surface area contributed by atoms with Crippen molar-refractivity contribution in [3.05, 3.63) is 5.01 Å². The van der Waals surface area contributed by atoms with Gasteiger partial charge in [-0.05, 0) is 12.2 Å². The predicted molar refractivity (Wildman–Crippen MR) is 65.5 cm³/mol. The van der Waals surface area contributed by atoms with E-state index in [1.807, 2.05) is 6.26 Å². The van der Waals surface area contributed by atoms with E-state index in [1.165, 1.54) is 23.1 Å². The lowest BCUT2D eigenvalue weighted by Gasteiger charge is -1.98. The maximum atomic E-state index is 11.3. The number of aromatic nitrogens is 2. The van der Waals surface area contributed by atoms with Gasteiger partial charge in [-0.2, -0.15) is 11.8 Å². The molecule has 0 aromatic carbocycles. The molecule has 1 aromatic heterocycles. The van der Waals surface area contributed by atoms with Gasteiger partial charge in [-0.25, -0.2) is 0 Å². The summed E-state index contributed by atoms with van der Waals surface area (Å²) in [5, 5.41) is 12.2. The van der Waals surface area contributed by atoms with E-state index in [0.29, 0.717) is 16.8 Å². The Labute approximate surface area is 97.9 Å². The van der Waals surface area contributed by atoms with Crippen molar-refractivity contribution in [2.75, 3.05) is 17.3 Å². The maximum absolute atomic E-state index is 11.3. The molecule has 0 spiro atoms. The average Bonchev–Trinajstić information content (AvgIpc) is 2.51. The van der Waals surface area contributed by atoms with Gasteiger partial charge in [-0.3, -0.25) is 10.1 Å². The minimum atomic E-state index is -0.0188. The molecule has 6 heteroatoms. The van der Waals surface area contributed by atoms with E-state index in [1.54, 1.807) is 0 Å². The number of carbonyl (C=O) groups is 1.